The first kappa shape index (κ1) is 27.8. The minimum atomic E-state index is -0.0643. The second-order valence-electron chi connectivity index (χ2n) is 14.9. The predicted molar refractivity (Wildman–Crippen MR) is 219 cm³/mol. The van der Waals surface area contributed by atoms with E-state index in [1.165, 1.54) is 114 Å². The van der Waals surface area contributed by atoms with Gasteiger partial charge in [-0.1, -0.05) is 135 Å². The van der Waals surface area contributed by atoms with Gasteiger partial charge < -0.3 is 4.57 Å². The molecule has 238 valence electrons. The maximum Gasteiger partial charge on any atom is 0.0619 e. The molecule has 2 aromatic heterocycles. The minimum absolute atomic E-state index is 0.0643. The first-order valence-electron chi connectivity index (χ1n) is 17.8. The lowest BCUT2D eigenvalue weighted by Gasteiger charge is -2.22. The molecule has 0 unspecified atom stereocenters. The molecule has 0 spiro atoms. The smallest absolute Gasteiger partial charge is 0.0619 e. The lowest BCUT2D eigenvalue weighted by atomic mass is 9.82. The highest BCUT2D eigenvalue weighted by molar-refractivity contribution is 7.23. The average Bonchev–Trinajstić information content (AvgIpc) is 3.87. The van der Waals surface area contributed by atoms with Gasteiger partial charge in [-0.25, -0.2) is 0 Å². The van der Waals surface area contributed by atoms with Crippen molar-refractivity contribution in [3.8, 4) is 49.5 Å². The Morgan fingerprint density at radius 1 is 0.490 bits per heavy atom. The summed E-state index contributed by atoms with van der Waals surface area (Å²) in [5, 5.41) is 9.19. The lowest BCUT2D eigenvalue weighted by Crippen LogP contribution is -2.15. The monoisotopic (exact) mass is 665 g/mol. The Morgan fingerprint density at radius 2 is 1.22 bits per heavy atom. The van der Waals surface area contributed by atoms with Crippen molar-refractivity contribution in [2.75, 3.05) is 0 Å². The molecule has 0 radical (unpaired) electrons. The number of benzene rings is 8. The summed E-state index contributed by atoms with van der Waals surface area (Å²) in [7, 11) is 0. The molecule has 2 aliphatic carbocycles. The molecule has 51 heavy (non-hydrogen) atoms. The van der Waals surface area contributed by atoms with E-state index in [4.69, 9.17) is 0 Å². The van der Waals surface area contributed by atoms with Gasteiger partial charge in [-0.05, 0) is 85.4 Å². The van der Waals surface area contributed by atoms with Crippen LogP contribution < -0.4 is 0 Å². The fraction of sp³-hybridized carbons (Fsp3) is 0.0612. The van der Waals surface area contributed by atoms with E-state index in [-0.39, 0.29) is 5.41 Å². The van der Waals surface area contributed by atoms with E-state index in [1.54, 1.807) is 0 Å². The third kappa shape index (κ3) is 3.55. The van der Waals surface area contributed by atoms with Gasteiger partial charge in [0.1, 0.15) is 0 Å². The van der Waals surface area contributed by atoms with Crippen molar-refractivity contribution in [1.29, 1.82) is 0 Å². The van der Waals surface area contributed by atoms with E-state index in [9.17, 15) is 0 Å². The Morgan fingerprint density at radius 3 is 2.14 bits per heavy atom. The average molecular weight is 666 g/mol. The number of fused-ring (bicyclic) bond motifs is 13. The number of hydrogen-bond donors (Lipinski definition) is 0. The van der Waals surface area contributed by atoms with Gasteiger partial charge >= 0.3 is 0 Å². The molecule has 8 aromatic carbocycles. The quantitative estimate of drug-likeness (QED) is 0.173. The Labute approximate surface area is 299 Å². The summed E-state index contributed by atoms with van der Waals surface area (Å²) in [5.41, 5.74) is 15.8. The van der Waals surface area contributed by atoms with Crippen LogP contribution in [-0.4, -0.2) is 4.57 Å². The predicted octanol–water partition coefficient (Wildman–Crippen LogP) is 13.9. The Bertz CT molecular complexity index is 3160. The topological polar surface area (TPSA) is 4.93 Å². The number of hydrogen-bond acceptors (Lipinski definition) is 1. The van der Waals surface area contributed by atoms with Crippen molar-refractivity contribution < 1.29 is 0 Å². The standard InChI is InChI=1S/C49H31NS/c1-49(2)41-16-6-5-13-34(41)35-23-20-32(27-42(35)49)50-43-24-19-30(25-40(43)36-21-17-28-9-3-4-12-33(28)47(36)50)31-18-22-37-44(26-31)51-48-39-15-8-11-29-10-7-14-38(45(29)39)46(37)48/h3-27H,1-2H3. The van der Waals surface area contributed by atoms with E-state index in [0.717, 1.165) is 0 Å². The summed E-state index contributed by atoms with van der Waals surface area (Å²) in [6, 6.07) is 57.1. The Balaban J connectivity index is 1.06. The first-order valence-corrected chi connectivity index (χ1v) is 18.7. The molecule has 0 bridgehead atoms. The fourth-order valence-corrected chi connectivity index (χ4v) is 10.8. The second-order valence-corrected chi connectivity index (χ2v) is 15.9. The molecular formula is C49H31NS. The summed E-state index contributed by atoms with van der Waals surface area (Å²) in [6.07, 6.45) is 0. The molecule has 2 heterocycles. The van der Waals surface area contributed by atoms with Gasteiger partial charge in [0.15, 0.2) is 0 Å². The SMILES string of the molecule is CC1(C)c2ccccc2-c2ccc(-n3c4ccc(-c5ccc6c7c(sc6c5)-c5cccc6cccc-7c56)cc4c4ccc5ccccc5c43)cc21. The van der Waals surface area contributed by atoms with Crippen LogP contribution in [-0.2, 0) is 5.41 Å². The number of nitrogens with zero attached hydrogens (tertiary/aromatic N) is 1. The number of rotatable bonds is 2. The normalized spacial score (nSPS) is 13.8. The third-order valence-corrected chi connectivity index (χ3v) is 13.1. The van der Waals surface area contributed by atoms with Crippen LogP contribution in [0.3, 0.4) is 0 Å². The van der Waals surface area contributed by atoms with Gasteiger partial charge in [-0.15, -0.1) is 11.3 Å². The minimum Gasteiger partial charge on any atom is -0.309 e. The van der Waals surface area contributed by atoms with E-state index in [0.29, 0.717) is 0 Å². The molecule has 0 saturated carbocycles. The highest BCUT2D eigenvalue weighted by Gasteiger charge is 2.35. The molecule has 0 aliphatic heterocycles. The van der Waals surface area contributed by atoms with Crippen molar-refractivity contribution in [2.24, 2.45) is 0 Å². The van der Waals surface area contributed by atoms with Crippen LogP contribution in [0.25, 0.3) is 103 Å². The van der Waals surface area contributed by atoms with E-state index < -0.39 is 0 Å². The van der Waals surface area contributed by atoms with Crippen LogP contribution in [0.2, 0.25) is 0 Å². The highest BCUT2D eigenvalue weighted by Crippen LogP contribution is 2.55. The zero-order valence-electron chi connectivity index (χ0n) is 28.3. The molecule has 2 heteroatoms. The summed E-state index contributed by atoms with van der Waals surface area (Å²) in [4.78, 5) is 1.40. The Hall–Kier alpha value is -5.96. The van der Waals surface area contributed by atoms with Crippen LogP contribution in [0.4, 0.5) is 0 Å². The molecule has 0 amide bonds. The Kier molecular flexibility index (Phi) is 5.25. The van der Waals surface area contributed by atoms with Crippen LogP contribution in [0, 0.1) is 0 Å². The molecule has 1 nitrogen and oxygen atoms in total. The van der Waals surface area contributed by atoms with E-state index >= 15 is 0 Å². The van der Waals surface area contributed by atoms with Crippen molar-refractivity contribution in [1.82, 2.24) is 4.57 Å². The molecule has 0 atom stereocenters. The van der Waals surface area contributed by atoms with Gasteiger partial charge in [-0.2, -0.15) is 0 Å². The summed E-state index contributed by atoms with van der Waals surface area (Å²) < 4.78 is 3.86. The molecule has 0 saturated heterocycles. The van der Waals surface area contributed by atoms with Crippen molar-refractivity contribution in [3.63, 3.8) is 0 Å². The van der Waals surface area contributed by atoms with Gasteiger partial charge in [0.2, 0.25) is 0 Å². The van der Waals surface area contributed by atoms with E-state index in [1.807, 2.05) is 11.3 Å². The third-order valence-electron chi connectivity index (χ3n) is 11.9. The molecule has 10 aromatic rings. The molecule has 0 N–H and O–H groups in total. The zero-order valence-corrected chi connectivity index (χ0v) is 29.1. The highest BCUT2D eigenvalue weighted by atomic mass is 32.1. The summed E-state index contributed by atoms with van der Waals surface area (Å²) in [6.45, 7) is 4.74. The van der Waals surface area contributed by atoms with E-state index in [2.05, 4.69) is 170 Å². The maximum atomic E-state index is 2.52. The second kappa shape index (κ2) is 9.63. The maximum absolute atomic E-state index is 2.52. The number of aromatic nitrogens is 1. The molecular weight excluding hydrogens is 635 g/mol. The molecule has 12 rings (SSSR count). The van der Waals surface area contributed by atoms with Gasteiger partial charge in [-0.3, -0.25) is 0 Å². The summed E-state index contributed by atoms with van der Waals surface area (Å²) in [5.74, 6) is 0. The largest absolute Gasteiger partial charge is 0.309 e. The van der Waals surface area contributed by atoms with Crippen molar-refractivity contribution in [3.05, 3.63) is 163 Å². The number of thiophene rings is 1. The van der Waals surface area contributed by atoms with Gasteiger partial charge in [0, 0.05) is 53.4 Å². The lowest BCUT2D eigenvalue weighted by molar-refractivity contribution is 0.660. The molecule has 0 fully saturated rings. The fourth-order valence-electron chi connectivity index (χ4n) is 9.53. The molecule has 2 aliphatic rings. The van der Waals surface area contributed by atoms with Crippen LogP contribution >= 0.6 is 11.3 Å². The zero-order chi connectivity index (χ0) is 33.6. The van der Waals surface area contributed by atoms with Crippen molar-refractivity contribution in [2.45, 2.75) is 19.3 Å². The van der Waals surface area contributed by atoms with Gasteiger partial charge in [0.05, 0.1) is 11.0 Å². The van der Waals surface area contributed by atoms with Crippen LogP contribution in [0.1, 0.15) is 25.0 Å². The van der Waals surface area contributed by atoms with Crippen LogP contribution in [0.15, 0.2) is 152 Å². The van der Waals surface area contributed by atoms with Crippen molar-refractivity contribution >= 4 is 64.8 Å². The summed E-state index contributed by atoms with van der Waals surface area (Å²) >= 11 is 1.93. The van der Waals surface area contributed by atoms with Crippen LogP contribution in [0.5, 0.6) is 0 Å². The first-order chi connectivity index (χ1) is 25.0. The van der Waals surface area contributed by atoms with Gasteiger partial charge in [0.25, 0.3) is 0 Å².